The third-order valence-electron chi connectivity index (χ3n) is 4.87. The van der Waals surface area contributed by atoms with Gasteiger partial charge in [-0.25, -0.2) is 4.98 Å². The topological polar surface area (TPSA) is 64.4 Å². The predicted molar refractivity (Wildman–Crippen MR) is 105 cm³/mol. The van der Waals surface area contributed by atoms with Gasteiger partial charge >= 0.3 is 0 Å². The Hall–Kier alpha value is -3.15. The van der Waals surface area contributed by atoms with Gasteiger partial charge in [0.15, 0.2) is 0 Å². The van der Waals surface area contributed by atoms with Crippen molar-refractivity contribution in [2.24, 2.45) is 0 Å². The third-order valence-corrected chi connectivity index (χ3v) is 4.87. The molecule has 0 aliphatic heterocycles. The molecule has 6 nitrogen and oxygen atoms in total. The number of nitrogens with zero attached hydrogens (tertiary/aromatic N) is 3. The second-order valence-electron chi connectivity index (χ2n) is 6.46. The number of carbonyl (C=O) groups is 1. The lowest BCUT2D eigenvalue weighted by Gasteiger charge is -2.25. The maximum Gasteiger partial charge on any atom is 0.261 e. The van der Waals surface area contributed by atoms with Crippen LogP contribution in [0.1, 0.15) is 24.9 Å². The SMILES string of the molecule is COc1ccc(C(C)N(C)C(=O)CCn2cnc3ccccc3c2=O)cc1. The Morgan fingerprint density at radius 3 is 2.59 bits per heavy atom. The summed E-state index contributed by atoms with van der Waals surface area (Å²) in [6.45, 7) is 2.28. The molecule has 0 fully saturated rings. The number of para-hydroxylation sites is 1. The minimum Gasteiger partial charge on any atom is -0.497 e. The summed E-state index contributed by atoms with van der Waals surface area (Å²) < 4.78 is 6.66. The van der Waals surface area contributed by atoms with Gasteiger partial charge in [0.1, 0.15) is 5.75 Å². The van der Waals surface area contributed by atoms with Gasteiger partial charge in [0.25, 0.3) is 5.56 Å². The number of aromatic nitrogens is 2. The Morgan fingerprint density at radius 2 is 1.89 bits per heavy atom. The molecule has 27 heavy (non-hydrogen) atoms. The van der Waals surface area contributed by atoms with Gasteiger partial charge in [-0.1, -0.05) is 24.3 Å². The third kappa shape index (κ3) is 4.00. The Morgan fingerprint density at radius 1 is 1.19 bits per heavy atom. The van der Waals surface area contributed by atoms with E-state index in [0.717, 1.165) is 11.3 Å². The molecule has 1 aromatic heterocycles. The van der Waals surface area contributed by atoms with E-state index in [1.807, 2.05) is 43.3 Å². The van der Waals surface area contributed by atoms with Gasteiger partial charge in [0.05, 0.1) is 30.4 Å². The summed E-state index contributed by atoms with van der Waals surface area (Å²) in [4.78, 5) is 31.1. The van der Waals surface area contributed by atoms with Crippen LogP contribution in [0.15, 0.2) is 59.7 Å². The van der Waals surface area contributed by atoms with E-state index in [2.05, 4.69) is 4.98 Å². The molecule has 1 amide bonds. The molecule has 0 saturated carbocycles. The van der Waals surface area contributed by atoms with E-state index in [4.69, 9.17) is 4.74 Å². The highest BCUT2D eigenvalue weighted by Crippen LogP contribution is 2.22. The Balaban J connectivity index is 1.67. The van der Waals surface area contributed by atoms with Crippen molar-refractivity contribution in [3.05, 3.63) is 70.8 Å². The van der Waals surface area contributed by atoms with Gasteiger partial charge < -0.3 is 9.64 Å². The lowest BCUT2D eigenvalue weighted by molar-refractivity contribution is -0.132. The number of hydrogen-bond donors (Lipinski definition) is 0. The van der Waals surface area contributed by atoms with E-state index < -0.39 is 0 Å². The molecule has 140 valence electrons. The number of rotatable bonds is 6. The molecule has 3 rings (SSSR count). The standard InChI is InChI=1S/C21H23N3O3/c1-15(16-8-10-17(27-3)11-9-16)23(2)20(25)12-13-24-14-22-19-7-5-4-6-18(19)21(24)26/h4-11,14-15H,12-13H2,1-3H3. The second-order valence-corrected chi connectivity index (χ2v) is 6.46. The zero-order valence-corrected chi connectivity index (χ0v) is 15.8. The first-order chi connectivity index (χ1) is 13.0. The van der Waals surface area contributed by atoms with E-state index in [1.54, 1.807) is 31.2 Å². The van der Waals surface area contributed by atoms with Gasteiger partial charge in [-0.3, -0.25) is 14.2 Å². The maximum atomic E-state index is 12.6. The smallest absolute Gasteiger partial charge is 0.261 e. The first-order valence-corrected chi connectivity index (χ1v) is 8.85. The molecule has 2 aromatic carbocycles. The zero-order valence-electron chi connectivity index (χ0n) is 15.8. The van der Waals surface area contributed by atoms with E-state index >= 15 is 0 Å². The molecular formula is C21H23N3O3. The minimum absolute atomic E-state index is 0.0293. The number of fused-ring (bicyclic) bond motifs is 1. The summed E-state index contributed by atoms with van der Waals surface area (Å²) >= 11 is 0. The summed E-state index contributed by atoms with van der Waals surface area (Å²) in [5, 5.41) is 0.562. The van der Waals surface area contributed by atoms with Crippen LogP contribution in [0.25, 0.3) is 10.9 Å². The minimum atomic E-state index is -0.126. The van der Waals surface area contributed by atoms with Gasteiger partial charge in [-0.15, -0.1) is 0 Å². The lowest BCUT2D eigenvalue weighted by atomic mass is 10.1. The Kier molecular flexibility index (Phi) is 5.54. The molecule has 0 aliphatic carbocycles. The summed E-state index contributed by atoms with van der Waals surface area (Å²) in [5.41, 5.74) is 1.56. The molecule has 0 aliphatic rings. The van der Waals surface area contributed by atoms with Crippen LogP contribution >= 0.6 is 0 Å². The predicted octanol–water partition coefficient (Wildman–Crippen LogP) is 3.01. The lowest BCUT2D eigenvalue weighted by Crippen LogP contribution is -2.31. The number of aryl methyl sites for hydroxylation is 1. The Bertz CT molecular complexity index is 995. The van der Waals surface area contributed by atoms with Crippen molar-refractivity contribution in [2.45, 2.75) is 25.9 Å². The van der Waals surface area contributed by atoms with Gasteiger partial charge in [0, 0.05) is 20.0 Å². The van der Waals surface area contributed by atoms with Crippen molar-refractivity contribution in [2.75, 3.05) is 14.2 Å². The molecular weight excluding hydrogens is 342 g/mol. The molecule has 0 radical (unpaired) electrons. The molecule has 0 bridgehead atoms. The van der Waals surface area contributed by atoms with Crippen molar-refractivity contribution in [3.63, 3.8) is 0 Å². The van der Waals surface area contributed by atoms with Crippen LogP contribution in [-0.4, -0.2) is 34.5 Å². The Labute approximate surface area is 158 Å². The van der Waals surface area contributed by atoms with Gasteiger partial charge in [-0.05, 0) is 36.8 Å². The quantitative estimate of drug-likeness (QED) is 0.674. The van der Waals surface area contributed by atoms with E-state index in [9.17, 15) is 9.59 Å². The fourth-order valence-electron chi connectivity index (χ4n) is 2.98. The molecule has 6 heteroatoms. The van der Waals surface area contributed by atoms with E-state index in [1.165, 1.54) is 10.9 Å². The van der Waals surface area contributed by atoms with Crippen molar-refractivity contribution >= 4 is 16.8 Å². The van der Waals surface area contributed by atoms with E-state index in [0.29, 0.717) is 17.4 Å². The van der Waals surface area contributed by atoms with Crippen molar-refractivity contribution in [1.29, 1.82) is 0 Å². The zero-order chi connectivity index (χ0) is 19.4. The molecule has 3 aromatic rings. The van der Waals surface area contributed by atoms with Crippen LogP contribution < -0.4 is 10.3 Å². The average molecular weight is 365 g/mol. The first kappa shape index (κ1) is 18.6. The van der Waals surface area contributed by atoms with Crippen LogP contribution in [-0.2, 0) is 11.3 Å². The summed E-state index contributed by atoms with van der Waals surface area (Å²) in [6.07, 6.45) is 1.74. The second kappa shape index (κ2) is 8.03. The average Bonchev–Trinajstić information content (AvgIpc) is 2.72. The highest BCUT2D eigenvalue weighted by molar-refractivity contribution is 5.77. The van der Waals surface area contributed by atoms with Crippen molar-refractivity contribution in [1.82, 2.24) is 14.5 Å². The largest absolute Gasteiger partial charge is 0.497 e. The first-order valence-electron chi connectivity index (χ1n) is 8.85. The van der Waals surface area contributed by atoms with E-state index in [-0.39, 0.29) is 23.9 Å². The van der Waals surface area contributed by atoms with Crippen LogP contribution in [0.3, 0.4) is 0 Å². The maximum absolute atomic E-state index is 12.6. The number of amides is 1. The van der Waals surface area contributed by atoms with Crippen LogP contribution in [0, 0.1) is 0 Å². The normalized spacial score (nSPS) is 12.0. The molecule has 1 atom stereocenters. The molecule has 1 unspecified atom stereocenters. The summed E-state index contributed by atoms with van der Waals surface area (Å²) in [7, 11) is 3.40. The molecule has 1 heterocycles. The number of carbonyl (C=O) groups excluding carboxylic acids is 1. The molecule has 0 spiro atoms. The highest BCUT2D eigenvalue weighted by Gasteiger charge is 2.17. The highest BCUT2D eigenvalue weighted by atomic mass is 16.5. The fourth-order valence-corrected chi connectivity index (χ4v) is 2.98. The fraction of sp³-hybridized carbons (Fsp3) is 0.286. The number of methoxy groups -OCH3 is 1. The van der Waals surface area contributed by atoms with Crippen LogP contribution in [0.5, 0.6) is 5.75 Å². The molecule has 0 N–H and O–H groups in total. The summed E-state index contributed by atoms with van der Waals surface area (Å²) in [5.74, 6) is 0.751. The monoisotopic (exact) mass is 365 g/mol. The van der Waals surface area contributed by atoms with Crippen LogP contribution in [0.2, 0.25) is 0 Å². The molecule has 0 saturated heterocycles. The number of ether oxygens (including phenoxy) is 1. The van der Waals surface area contributed by atoms with Gasteiger partial charge in [0.2, 0.25) is 5.91 Å². The number of benzene rings is 2. The van der Waals surface area contributed by atoms with Crippen LogP contribution in [0.4, 0.5) is 0 Å². The summed E-state index contributed by atoms with van der Waals surface area (Å²) in [6, 6.07) is 14.8. The van der Waals surface area contributed by atoms with Crippen molar-refractivity contribution < 1.29 is 9.53 Å². The van der Waals surface area contributed by atoms with Gasteiger partial charge in [-0.2, -0.15) is 0 Å². The number of hydrogen-bond acceptors (Lipinski definition) is 4. The van der Waals surface area contributed by atoms with Crippen molar-refractivity contribution in [3.8, 4) is 5.75 Å².